The van der Waals surface area contributed by atoms with E-state index in [1.54, 1.807) is 6.08 Å². The number of benzene rings is 1. The van der Waals surface area contributed by atoms with Crippen molar-refractivity contribution in [1.82, 2.24) is 0 Å². The highest BCUT2D eigenvalue weighted by Gasteiger charge is 1.97. The van der Waals surface area contributed by atoms with Crippen LogP contribution in [0.25, 0.3) is 6.08 Å². The third-order valence-electron chi connectivity index (χ3n) is 1.49. The second kappa shape index (κ2) is 4.93. The highest BCUT2D eigenvalue weighted by molar-refractivity contribution is 7.85. The van der Waals surface area contributed by atoms with Crippen molar-refractivity contribution >= 4 is 16.2 Å². The van der Waals surface area contributed by atoms with Crippen LogP contribution in [0.1, 0.15) is 5.56 Å². The summed E-state index contributed by atoms with van der Waals surface area (Å²) in [6.07, 6.45) is 4.50. The fraction of sp³-hybridized carbons (Fsp3) is 0.200. The fourth-order valence-electron chi connectivity index (χ4n) is 0.911. The Kier molecular flexibility index (Phi) is 3.85. The van der Waals surface area contributed by atoms with Crippen molar-refractivity contribution in [3.8, 4) is 0 Å². The van der Waals surface area contributed by atoms with Gasteiger partial charge in [-0.3, -0.25) is 4.18 Å². The topological polar surface area (TPSA) is 43.4 Å². The molecule has 0 aliphatic heterocycles. The van der Waals surface area contributed by atoms with Gasteiger partial charge in [-0.1, -0.05) is 42.5 Å². The van der Waals surface area contributed by atoms with E-state index in [1.165, 1.54) is 0 Å². The van der Waals surface area contributed by atoms with E-state index in [9.17, 15) is 8.42 Å². The Morgan fingerprint density at radius 1 is 1.29 bits per heavy atom. The summed E-state index contributed by atoms with van der Waals surface area (Å²) in [6.45, 7) is 0.0771. The van der Waals surface area contributed by atoms with Crippen LogP contribution in [-0.2, 0) is 14.3 Å². The van der Waals surface area contributed by atoms with Crippen molar-refractivity contribution in [2.24, 2.45) is 0 Å². The molecular weight excluding hydrogens is 200 g/mol. The molecule has 1 aromatic carbocycles. The molecule has 4 heteroatoms. The van der Waals surface area contributed by atoms with Gasteiger partial charge in [0.15, 0.2) is 0 Å². The van der Waals surface area contributed by atoms with Crippen LogP contribution in [0.4, 0.5) is 0 Å². The average Bonchev–Trinajstić information content (AvgIpc) is 2.13. The van der Waals surface area contributed by atoms with Crippen molar-refractivity contribution in [3.63, 3.8) is 0 Å². The number of hydrogen-bond donors (Lipinski definition) is 0. The van der Waals surface area contributed by atoms with Crippen molar-refractivity contribution in [3.05, 3.63) is 42.0 Å². The van der Waals surface area contributed by atoms with Gasteiger partial charge >= 0.3 is 0 Å². The summed E-state index contributed by atoms with van der Waals surface area (Å²) in [6, 6.07) is 9.60. The molecule has 0 aromatic heterocycles. The van der Waals surface area contributed by atoms with Crippen LogP contribution in [0.2, 0.25) is 0 Å². The Hall–Kier alpha value is -1.13. The molecule has 0 aliphatic rings. The molecule has 0 atom stereocenters. The summed E-state index contributed by atoms with van der Waals surface area (Å²) in [4.78, 5) is 0. The third kappa shape index (κ3) is 4.79. The molecule has 0 unspecified atom stereocenters. The molecule has 1 rings (SSSR count). The van der Waals surface area contributed by atoms with Crippen molar-refractivity contribution in [2.75, 3.05) is 12.9 Å². The lowest BCUT2D eigenvalue weighted by molar-refractivity contribution is 0.362. The second-order valence-electron chi connectivity index (χ2n) is 2.80. The summed E-state index contributed by atoms with van der Waals surface area (Å²) in [5.41, 5.74) is 1.02. The Morgan fingerprint density at radius 3 is 2.50 bits per heavy atom. The highest BCUT2D eigenvalue weighted by Crippen LogP contribution is 2.00. The van der Waals surface area contributed by atoms with Gasteiger partial charge in [0, 0.05) is 0 Å². The minimum Gasteiger partial charge on any atom is -0.266 e. The monoisotopic (exact) mass is 212 g/mol. The minimum atomic E-state index is -3.33. The number of rotatable bonds is 4. The van der Waals surface area contributed by atoms with Crippen LogP contribution in [0.3, 0.4) is 0 Å². The molecule has 0 amide bonds. The van der Waals surface area contributed by atoms with Crippen LogP contribution >= 0.6 is 0 Å². The fourth-order valence-corrected chi connectivity index (χ4v) is 1.24. The lowest BCUT2D eigenvalue weighted by Gasteiger charge is -1.95. The van der Waals surface area contributed by atoms with Gasteiger partial charge in [0.2, 0.25) is 0 Å². The van der Waals surface area contributed by atoms with Crippen LogP contribution in [0.15, 0.2) is 36.4 Å². The molecule has 0 fully saturated rings. The smallest absolute Gasteiger partial charge is 0.264 e. The van der Waals surface area contributed by atoms with E-state index in [2.05, 4.69) is 4.18 Å². The zero-order valence-electron chi connectivity index (χ0n) is 7.88. The summed E-state index contributed by atoms with van der Waals surface area (Å²) in [5.74, 6) is 0. The Labute approximate surface area is 84.1 Å². The molecule has 0 spiro atoms. The molecule has 0 bridgehead atoms. The lowest BCUT2D eigenvalue weighted by atomic mass is 10.2. The second-order valence-corrected chi connectivity index (χ2v) is 4.45. The summed E-state index contributed by atoms with van der Waals surface area (Å²) in [5, 5.41) is 0. The Bertz CT molecular complexity index is 393. The predicted octanol–water partition coefficient (Wildman–Crippen LogP) is 1.68. The van der Waals surface area contributed by atoms with E-state index in [1.807, 2.05) is 36.4 Å². The molecule has 1 aromatic rings. The van der Waals surface area contributed by atoms with Gasteiger partial charge in [-0.05, 0) is 5.56 Å². The first-order chi connectivity index (χ1) is 6.58. The quantitative estimate of drug-likeness (QED) is 0.713. The molecular formula is C10H12O3S. The molecule has 76 valence electrons. The normalized spacial score (nSPS) is 12.1. The zero-order chi connectivity index (χ0) is 10.4. The van der Waals surface area contributed by atoms with E-state index < -0.39 is 10.1 Å². The first-order valence-corrected chi connectivity index (χ1v) is 5.95. The summed E-state index contributed by atoms with van der Waals surface area (Å²) >= 11 is 0. The Balaban J connectivity index is 2.43. The van der Waals surface area contributed by atoms with Gasteiger partial charge in [0.05, 0.1) is 12.9 Å². The van der Waals surface area contributed by atoms with Gasteiger partial charge in [0.25, 0.3) is 10.1 Å². The maximum Gasteiger partial charge on any atom is 0.264 e. The first kappa shape index (κ1) is 10.9. The number of hydrogen-bond acceptors (Lipinski definition) is 3. The summed E-state index contributed by atoms with van der Waals surface area (Å²) in [7, 11) is -3.33. The van der Waals surface area contributed by atoms with Crippen molar-refractivity contribution in [2.45, 2.75) is 0 Å². The molecule has 0 N–H and O–H groups in total. The van der Waals surface area contributed by atoms with Crippen LogP contribution in [0.5, 0.6) is 0 Å². The molecule has 0 heterocycles. The minimum absolute atomic E-state index is 0.0771. The van der Waals surface area contributed by atoms with Gasteiger partial charge in [-0.2, -0.15) is 8.42 Å². The van der Waals surface area contributed by atoms with Crippen molar-refractivity contribution in [1.29, 1.82) is 0 Å². The van der Waals surface area contributed by atoms with Gasteiger partial charge in [-0.15, -0.1) is 0 Å². The molecule has 3 nitrogen and oxygen atoms in total. The maximum atomic E-state index is 10.6. The largest absolute Gasteiger partial charge is 0.266 e. The first-order valence-electron chi connectivity index (χ1n) is 4.14. The average molecular weight is 212 g/mol. The molecule has 14 heavy (non-hydrogen) atoms. The van der Waals surface area contributed by atoms with Crippen LogP contribution in [0, 0.1) is 0 Å². The Morgan fingerprint density at radius 2 is 1.93 bits per heavy atom. The van der Waals surface area contributed by atoms with Gasteiger partial charge in [0.1, 0.15) is 0 Å². The van der Waals surface area contributed by atoms with Crippen LogP contribution in [-0.4, -0.2) is 21.3 Å². The summed E-state index contributed by atoms with van der Waals surface area (Å²) < 4.78 is 25.7. The molecule has 0 saturated carbocycles. The van der Waals surface area contributed by atoms with E-state index in [0.29, 0.717) is 0 Å². The SMILES string of the molecule is CS(=O)(=O)OC/C=C/c1ccccc1. The third-order valence-corrected chi connectivity index (χ3v) is 2.05. The maximum absolute atomic E-state index is 10.6. The van der Waals surface area contributed by atoms with E-state index in [4.69, 9.17) is 0 Å². The lowest BCUT2D eigenvalue weighted by Crippen LogP contribution is -2.01. The predicted molar refractivity (Wildman–Crippen MR) is 56.3 cm³/mol. The zero-order valence-corrected chi connectivity index (χ0v) is 8.70. The van der Waals surface area contributed by atoms with Crippen molar-refractivity contribution < 1.29 is 12.6 Å². The molecule has 0 aliphatic carbocycles. The molecule has 0 saturated heterocycles. The van der Waals surface area contributed by atoms with E-state index in [0.717, 1.165) is 11.8 Å². The van der Waals surface area contributed by atoms with E-state index in [-0.39, 0.29) is 6.61 Å². The molecule has 0 radical (unpaired) electrons. The van der Waals surface area contributed by atoms with Gasteiger partial charge in [-0.25, -0.2) is 0 Å². The standard InChI is InChI=1S/C10H12O3S/c1-14(11,12)13-9-5-8-10-6-3-2-4-7-10/h2-8H,9H2,1H3/b8-5+. The van der Waals surface area contributed by atoms with E-state index >= 15 is 0 Å². The van der Waals surface area contributed by atoms with Gasteiger partial charge < -0.3 is 0 Å². The highest BCUT2D eigenvalue weighted by atomic mass is 32.2. The van der Waals surface area contributed by atoms with Crippen LogP contribution < -0.4 is 0 Å².